The van der Waals surface area contributed by atoms with Crippen molar-refractivity contribution < 1.29 is 14.7 Å². The molecule has 3 N–H and O–H groups in total. The van der Waals surface area contributed by atoms with Gasteiger partial charge in [-0.3, -0.25) is 4.79 Å². The highest BCUT2D eigenvalue weighted by atomic mass is 32.1. The van der Waals surface area contributed by atoms with E-state index < -0.39 is 5.97 Å². The van der Waals surface area contributed by atoms with Gasteiger partial charge in [0.1, 0.15) is 0 Å². The first kappa shape index (κ1) is 12.9. The molecule has 1 saturated carbocycles. The summed E-state index contributed by atoms with van der Waals surface area (Å²) in [5.74, 6) is -0.543. The largest absolute Gasteiger partial charge is 0.481 e. The van der Waals surface area contributed by atoms with E-state index in [2.05, 4.69) is 10.6 Å². The van der Waals surface area contributed by atoms with Crippen LogP contribution in [0.1, 0.15) is 24.8 Å². The number of thiophene rings is 1. The molecule has 98 valence electrons. The number of hydrogen-bond acceptors (Lipinski definition) is 3. The molecule has 0 saturated heterocycles. The number of carboxylic acids is 1. The van der Waals surface area contributed by atoms with Gasteiger partial charge in [-0.15, -0.1) is 0 Å². The molecule has 0 bridgehead atoms. The number of amides is 2. The van der Waals surface area contributed by atoms with Gasteiger partial charge in [0.15, 0.2) is 0 Å². The quantitative estimate of drug-likeness (QED) is 0.736. The number of carbonyl (C=O) groups is 2. The van der Waals surface area contributed by atoms with Crippen molar-refractivity contribution in [3.8, 4) is 0 Å². The minimum absolute atomic E-state index is 0.00343. The number of carbonyl (C=O) groups excluding carboxylic acids is 1. The fourth-order valence-corrected chi connectivity index (χ4v) is 2.49. The summed E-state index contributed by atoms with van der Waals surface area (Å²) in [5, 5.41) is 18.2. The highest BCUT2D eigenvalue weighted by Gasteiger charge is 2.33. The lowest BCUT2D eigenvalue weighted by atomic mass is 10.1. The molecule has 1 aliphatic rings. The number of nitrogens with one attached hydrogen (secondary N) is 2. The Kier molecular flexibility index (Phi) is 4.19. The maximum atomic E-state index is 11.7. The summed E-state index contributed by atoms with van der Waals surface area (Å²) in [6.45, 7) is 0.472. The lowest BCUT2D eigenvalue weighted by molar-refractivity contribution is -0.137. The van der Waals surface area contributed by atoms with Crippen molar-refractivity contribution in [2.24, 2.45) is 5.92 Å². The van der Waals surface area contributed by atoms with Crippen molar-refractivity contribution in [2.45, 2.75) is 31.8 Å². The van der Waals surface area contributed by atoms with Gasteiger partial charge in [0, 0.05) is 12.6 Å². The molecule has 1 aromatic rings. The maximum absolute atomic E-state index is 11.7. The lowest BCUT2D eigenvalue weighted by Crippen LogP contribution is -2.43. The van der Waals surface area contributed by atoms with Crippen LogP contribution in [0.5, 0.6) is 0 Å². The predicted molar refractivity (Wildman–Crippen MR) is 68.5 cm³/mol. The van der Waals surface area contributed by atoms with E-state index in [1.807, 2.05) is 16.8 Å². The van der Waals surface area contributed by atoms with Gasteiger partial charge in [-0.05, 0) is 41.1 Å². The predicted octanol–water partition coefficient (Wildman–Crippen LogP) is 1.80. The number of urea groups is 1. The van der Waals surface area contributed by atoms with E-state index in [1.165, 1.54) is 0 Å². The van der Waals surface area contributed by atoms with Gasteiger partial charge in [0.25, 0.3) is 0 Å². The Bertz CT molecular complexity index is 415. The second kappa shape index (κ2) is 5.86. The molecular weight excluding hydrogens is 252 g/mol. The van der Waals surface area contributed by atoms with Crippen LogP contribution in [0.25, 0.3) is 0 Å². The van der Waals surface area contributed by atoms with Crippen molar-refractivity contribution in [3.63, 3.8) is 0 Å². The van der Waals surface area contributed by atoms with Crippen LogP contribution in [0.3, 0.4) is 0 Å². The van der Waals surface area contributed by atoms with Crippen LogP contribution in [-0.2, 0) is 11.3 Å². The summed E-state index contributed by atoms with van der Waals surface area (Å²) >= 11 is 1.58. The van der Waals surface area contributed by atoms with Crippen LogP contribution in [0, 0.1) is 5.92 Å². The molecule has 1 fully saturated rings. The van der Waals surface area contributed by atoms with Crippen LogP contribution in [0.15, 0.2) is 16.8 Å². The summed E-state index contributed by atoms with van der Waals surface area (Å²) in [4.78, 5) is 22.3. The highest BCUT2D eigenvalue weighted by Crippen LogP contribution is 2.33. The average molecular weight is 268 g/mol. The van der Waals surface area contributed by atoms with Crippen molar-refractivity contribution >= 4 is 23.3 Å². The molecule has 1 heterocycles. The molecule has 0 aliphatic heterocycles. The summed E-state index contributed by atoms with van der Waals surface area (Å²) < 4.78 is 0. The van der Waals surface area contributed by atoms with Crippen LogP contribution in [-0.4, -0.2) is 23.1 Å². The molecule has 1 unspecified atom stereocenters. The Balaban J connectivity index is 1.76. The van der Waals surface area contributed by atoms with Crippen LogP contribution in [0.2, 0.25) is 0 Å². The molecule has 5 nitrogen and oxygen atoms in total. The van der Waals surface area contributed by atoms with E-state index in [1.54, 1.807) is 11.3 Å². The third-order valence-electron chi connectivity index (χ3n) is 2.94. The zero-order valence-electron chi connectivity index (χ0n) is 9.89. The van der Waals surface area contributed by atoms with Gasteiger partial charge in [0.05, 0.1) is 6.42 Å². The zero-order valence-corrected chi connectivity index (χ0v) is 10.7. The Morgan fingerprint density at radius 2 is 2.28 bits per heavy atom. The number of rotatable bonds is 6. The Morgan fingerprint density at radius 3 is 2.83 bits per heavy atom. The van der Waals surface area contributed by atoms with E-state index in [4.69, 9.17) is 5.11 Å². The van der Waals surface area contributed by atoms with Gasteiger partial charge in [-0.25, -0.2) is 4.79 Å². The third-order valence-corrected chi connectivity index (χ3v) is 3.67. The fourth-order valence-electron chi connectivity index (χ4n) is 1.82. The molecule has 0 radical (unpaired) electrons. The minimum atomic E-state index is -0.870. The van der Waals surface area contributed by atoms with E-state index in [9.17, 15) is 9.59 Å². The number of carboxylic acid groups (broad SMARTS) is 1. The van der Waals surface area contributed by atoms with Gasteiger partial charge in [-0.1, -0.05) is 0 Å². The van der Waals surface area contributed by atoms with E-state index >= 15 is 0 Å². The fraction of sp³-hybridized carbons (Fsp3) is 0.500. The molecule has 2 amide bonds. The van der Waals surface area contributed by atoms with Gasteiger partial charge in [0.2, 0.25) is 0 Å². The topological polar surface area (TPSA) is 78.4 Å². The van der Waals surface area contributed by atoms with Gasteiger partial charge < -0.3 is 15.7 Å². The molecular formula is C12H16N2O3S. The monoisotopic (exact) mass is 268 g/mol. The smallest absolute Gasteiger partial charge is 0.315 e. The molecule has 0 spiro atoms. The van der Waals surface area contributed by atoms with Crippen molar-refractivity contribution in [2.75, 3.05) is 0 Å². The highest BCUT2D eigenvalue weighted by molar-refractivity contribution is 7.07. The van der Waals surface area contributed by atoms with Crippen molar-refractivity contribution in [3.05, 3.63) is 22.4 Å². The van der Waals surface area contributed by atoms with Crippen LogP contribution in [0.4, 0.5) is 4.79 Å². The maximum Gasteiger partial charge on any atom is 0.315 e. The Morgan fingerprint density at radius 1 is 1.50 bits per heavy atom. The van der Waals surface area contributed by atoms with E-state index in [0.29, 0.717) is 12.5 Å². The SMILES string of the molecule is O=C(O)CC(NC(=O)NCc1ccsc1)C1CC1. The van der Waals surface area contributed by atoms with Crippen molar-refractivity contribution in [1.29, 1.82) is 0 Å². The molecule has 1 aliphatic carbocycles. The summed E-state index contributed by atoms with van der Waals surface area (Å²) in [7, 11) is 0. The first-order valence-corrected chi connectivity index (χ1v) is 6.86. The molecule has 0 aromatic carbocycles. The Labute approximate surface area is 109 Å². The minimum Gasteiger partial charge on any atom is -0.481 e. The standard InChI is InChI=1S/C12H16N2O3S/c15-11(16)5-10(9-1-2-9)14-12(17)13-6-8-3-4-18-7-8/h3-4,7,9-10H,1-2,5-6H2,(H,15,16)(H2,13,14,17). The molecule has 2 rings (SSSR count). The van der Waals surface area contributed by atoms with Crippen LogP contribution >= 0.6 is 11.3 Å². The molecule has 1 atom stereocenters. The summed E-state index contributed by atoms with van der Waals surface area (Å²) in [5.41, 5.74) is 1.05. The van der Waals surface area contributed by atoms with Gasteiger partial charge in [-0.2, -0.15) is 11.3 Å². The van der Waals surface area contributed by atoms with Crippen molar-refractivity contribution in [1.82, 2.24) is 10.6 Å². The van der Waals surface area contributed by atoms with Crippen LogP contribution < -0.4 is 10.6 Å². The zero-order chi connectivity index (χ0) is 13.0. The summed E-state index contributed by atoms with van der Waals surface area (Å²) in [6.07, 6.45) is 2.00. The van der Waals surface area contributed by atoms with Gasteiger partial charge >= 0.3 is 12.0 Å². The van der Waals surface area contributed by atoms with E-state index in [0.717, 1.165) is 18.4 Å². The Hall–Kier alpha value is -1.56. The first-order chi connectivity index (χ1) is 8.65. The number of aliphatic carboxylic acids is 1. The number of hydrogen-bond donors (Lipinski definition) is 3. The molecule has 6 heteroatoms. The average Bonchev–Trinajstić information content (AvgIpc) is 3.02. The first-order valence-electron chi connectivity index (χ1n) is 5.92. The lowest BCUT2D eigenvalue weighted by Gasteiger charge is -2.16. The molecule has 18 heavy (non-hydrogen) atoms. The molecule has 1 aromatic heterocycles. The summed E-state index contributed by atoms with van der Waals surface area (Å²) in [6, 6.07) is 1.41. The van der Waals surface area contributed by atoms with E-state index in [-0.39, 0.29) is 18.5 Å². The third kappa shape index (κ3) is 4.03. The second-order valence-corrected chi connectivity index (χ2v) is 5.28. The second-order valence-electron chi connectivity index (χ2n) is 4.50. The normalized spacial score (nSPS) is 16.0.